The van der Waals surface area contributed by atoms with Gasteiger partial charge in [0.25, 0.3) is 0 Å². The van der Waals surface area contributed by atoms with Crippen molar-refractivity contribution in [1.29, 1.82) is 0 Å². The third-order valence-corrected chi connectivity index (χ3v) is 3.54. The van der Waals surface area contributed by atoms with Gasteiger partial charge in [-0.2, -0.15) is 0 Å². The predicted molar refractivity (Wildman–Crippen MR) is 80.9 cm³/mol. The zero-order valence-electron chi connectivity index (χ0n) is 12.1. The van der Waals surface area contributed by atoms with Crippen LogP contribution in [0.1, 0.15) is 56.9 Å². The molecule has 20 heavy (non-hydrogen) atoms. The summed E-state index contributed by atoms with van der Waals surface area (Å²) in [5, 5.41) is 0. The first-order chi connectivity index (χ1) is 9.74. The number of alkyl halides is 2. The Balaban J connectivity index is 1.99. The molecule has 1 aromatic carbocycles. The Labute approximate surface area is 120 Å². The highest BCUT2D eigenvalue weighted by molar-refractivity contribution is 5.49. The lowest BCUT2D eigenvalue weighted by molar-refractivity contribution is 0.133. The highest BCUT2D eigenvalue weighted by atomic mass is 19.3. The maximum atomic E-state index is 11.9. The van der Waals surface area contributed by atoms with E-state index >= 15 is 0 Å². The minimum Gasteiger partial charge on any atom is -0.324 e. The van der Waals surface area contributed by atoms with Gasteiger partial charge in [-0.3, -0.25) is 5.84 Å². The van der Waals surface area contributed by atoms with Crippen LogP contribution in [0.3, 0.4) is 0 Å². The third kappa shape index (κ3) is 7.43. The molecule has 0 spiro atoms. The number of rotatable bonds is 11. The van der Waals surface area contributed by atoms with Crippen LogP contribution in [0.25, 0.3) is 0 Å². The highest BCUT2D eigenvalue weighted by Crippen LogP contribution is 2.17. The summed E-state index contributed by atoms with van der Waals surface area (Å²) in [6.07, 6.45) is 6.31. The average molecular weight is 284 g/mol. The quantitative estimate of drug-likeness (QED) is 0.344. The summed E-state index contributed by atoms with van der Waals surface area (Å²) in [5.74, 6) is 5.47. The van der Waals surface area contributed by atoms with Crippen LogP contribution in [0.2, 0.25) is 0 Å². The second-order valence-corrected chi connectivity index (χ2v) is 5.21. The predicted octanol–water partition coefficient (Wildman–Crippen LogP) is 4.90. The molecular formula is C16H26F2N2. The van der Waals surface area contributed by atoms with Crippen LogP contribution in [-0.4, -0.2) is 6.43 Å². The van der Waals surface area contributed by atoms with Crippen LogP contribution in [-0.2, 0) is 6.42 Å². The Bertz CT molecular complexity index is 356. The third-order valence-electron chi connectivity index (χ3n) is 3.54. The minimum atomic E-state index is -2.13. The number of para-hydroxylation sites is 1. The summed E-state index contributed by atoms with van der Waals surface area (Å²) in [7, 11) is 0. The number of hydrazine groups is 1. The smallest absolute Gasteiger partial charge is 0.238 e. The van der Waals surface area contributed by atoms with E-state index in [-0.39, 0.29) is 6.42 Å². The van der Waals surface area contributed by atoms with Gasteiger partial charge in [0.1, 0.15) is 0 Å². The Morgan fingerprint density at radius 3 is 2.15 bits per heavy atom. The fraction of sp³-hybridized carbons (Fsp3) is 0.625. The van der Waals surface area contributed by atoms with Crippen molar-refractivity contribution in [3.8, 4) is 0 Å². The zero-order chi connectivity index (χ0) is 14.6. The van der Waals surface area contributed by atoms with Crippen molar-refractivity contribution < 1.29 is 8.78 Å². The number of nitrogens with one attached hydrogen (secondary N) is 1. The van der Waals surface area contributed by atoms with E-state index in [0.717, 1.165) is 37.8 Å². The fourth-order valence-corrected chi connectivity index (χ4v) is 2.38. The van der Waals surface area contributed by atoms with E-state index in [9.17, 15) is 8.78 Å². The van der Waals surface area contributed by atoms with Crippen molar-refractivity contribution in [2.75, 3.05) is 5.43 Å². The molecule has 1 rings (SSSR count). The van der Waals surface area contributed by atoms with E-state index in [0.29, 0.717) is 6.42 Å². The van der Waals surface area contributed by atoms with Gasteiger partial charge in [-0.05, 0) is 30.9 Å². The lowest BCUT2D eigenvalue weighted by Crippen LogP contribution is -2.08. The van der Waals surface area contributed by atoms with E-state index in [1.54, 1.807) is 0 Å². The van der Waals surface area contributed by atoms with Crippen molar-refractivity contribution in [1.82, 2.24) is 0 Å². The number of hydrogen-bond donors (Lipinski definition) is 2. The van der Waals surface area contributed by atoms with Gasteiger partial charge in [0.05, 0.1) is 5.69 Å². The first kappa shape index (κ1) is 16.9. The number of hydrogen-bond acceptors (Lipinski definition) is 2. The van der Waals surface area contributed by atoms with Gasteiger partial charge in [0.15, 0.2) is 0 Å². The van der Waals surface area contributed by atoms with Crippen molar-refractivity contribution in [2.45, 2.75) is 64.2 Å². The molecule has 0 fully saturated rings. The molecule has 0 radical (unpaired) electrons. The molecule has 0 atom stereocenters. The SMILES string of the molecule is NNc1ccccc1CCCCCCCCCC(F)F. The van der Waals surface area contributed by atoms with Gasteiger partial charge >= 0.3 is 0 Å². The van der Waals surface area contributed by atoms with Crippen LogP contribution in [0.15, 0.2) is 24.3 Å². The van der Waals surface area contributed by atoms with E-state index in [4.69, 9.17) is 5.84 Å². The summed E-state index contributed by atoms with van der Waals surface area (Å²) in [5.41, 5.74) is 4.97. The van der Waals surface area contributed by atoms with Crippen LogP contribution in [0.5, 0.6) is 0 Å². The normalized spacial score (nSPS) is 11.0. The number of nitrogens with two attached hydrogens (primary N) is 1. The van der Waals surface area contributed by atoms with Gasteiger partial charge in [-0.15, -0.1) is 0 Å². The molecule has 1 aromatic rings. The first-order valence-corrected chi connectivity index (χ1v) is 7.56. The van der Waals surface area contributed by atoms with Gasteiger partial charge in [0.2, 0.25) is 6.43 Å². The fourth-order valence-electron chi connectivity index (χ4n) is 2.38. The standard InChI is InChI=1S/C16H26F2N2/c17-16(18)13-7-5-3-1-2-4-6-10-14-11-8-9-12-15(14)20-19/h8-9,11-12,16,20H,1-7,10,13,19H2. The average Bonchev–Trinajstić information content (AvgIpc) is 2.45. The molecule has 0 aliphatic carbocycles. The van der Waals surface area contributed by atoms with Gasteiger partial charge in [-0.1, -0.05) is 50.3 Å². The van der Waals surface area contributed by atoms with E-state index in [1.165, 1.54) is 18.4 Å². The maximum Gasteiger partial charge on any atom is 0.238 e. The molecule has 4 heteroatoms. The largest absolute Gasteiger partial charge is 0.324 e. The summed E-state index contributed by atoms with van der Waals surface area (Å²) >= 11 is 0. The molecule has 0 amide bonds. The molecule has 0 aliphatic rings. The number of halogens is 2. The lowest BCUT2D eigenvalue weighted by Gasteiger charge is -2.08. The van der Waals surface area contributed by atoms with Crippen LogP contribution < -0.4 is 11.3 Å². The monoisotopic (exact) mass is 284 g/mol. The Morgan fingerprint density at radius 1 is 0.900 bits per heavy atom. The van der Waals surface area contributed by atoms with Gasteiger partial charge in [-0.25, -0.2) is 8.78 Å². The van der Waals surface area contributed by atoms with Crippen LogP contribution >= 0.6 is 0 Å². The number of aryl methyl sites for hydroxylation is 1. The first-order valence-electron chi connectivity index (χ1n) is 7.56. The van der Waals surface area contributed by atoms with E-state index in [2.05, 4.69) is 11.5 Å². The number of anilines is 1. The lowest BCUT2D eigenvalue weighted by atomic mass is 10.0. The van der Waals surface area contributed by atoms with E-state index in [1.807, 2.05) is 18.2 Å². The maximum absolute atomic E-state index is 11.9. The molecule has 0 saturated heterocycles. The number of nitrogen functional groups attached to an aromatic ring is 1. The topological polar surface area (TPSA) is 38.0 Å². The molecule has 0 unspecified atom stereocenters. The van der Waals surface area contributed by atoms with E-state index < -0.39 is 6.43 Å². The van der Waals surface area contributed by atoms with Gasteiger partial charge < -0.3 is 5.43 Å². The molecule has 3 N–H and O–H groups in total. The molecule has 0 bridgehead atoms. The highest BCUT2D eigenvalue weighted by Gasteiger charge is 2.01. The molecule has 0 heterocycles. The molecule has 114 valence electrons. The summed E-state index contributed by atoms with van der Waals surface area (Å²) in [4.78, 5) is 0. The Kier molecular flexibility index (Phi) is 8.96. The number of unbranched alkanes of at least 4 members (excludes halogenated alkanes) is 6. The van der Waals surface area contributed by atoms with Crippen LogP contribution in [0.4, 0.5) is 14.5 Å². The number of benzene rings is 1. The van der Waals surface area contributed by atoms with Crippen molar-refractivity contribution >= 4 is 5.69 Å². The molecular weight excluding hydrogens is 258 g/mol. The molecule has 2 nitrogen and oxygen atoms in total. The van der Waals surface area contributed by atoms with Crippen molar-refractivity contribution in [3.05, 3.63) is 29.8 Å². The summed E-state index contributed by atoms with van der Waals surface area (Å²) in [6.45, 7) is 0. The zero-order valence-corrected chi connectivity index (χ0v) is 12.1. The summed E-state index contributed by atoms with van der Waals surface area (Å²) < 4.78 is 23.8. The molecule has 0 aromatic heterocycles. The Hall–Kier alpha value is -1.16. The van der Waals surface area contributed by atoms with Crippen LogP contribution in [0, 0.1) is 0 Å². The molecule has 0 aliphatic heterocycles. The molecule has 0 saturated carbocycles. The second-order valence-electron chi connectivity index (χ2n) is 5.21. The second kappa shape index (κ2) is 10.6. The summed E-state index contributed by atoms with van der Waals surface area (Å²) in [6, 6.07) is 8.08. The van der Waals surface area contributed by atoms with Crippen molar-refractivity contribution in [2.24, 2.45) is 5.84 Å². The Morgan fingerprint density at radius 2 is 1.50 bits per heavy atom. The minimum absolute atomic E-state index is 0.0584. The van der Waals surface area contributed by atoms with Gasteiger partial charge in [0, 0.05) is 6.42 Å². The van der Waals surface area contributed by atoms with Crippen molar-refractivity contribution in [3.63, 3.8) is 0 Å².